The fourth-order valence-corrected chi connectivity index (χ4v) is 2.34. The number of nitrogens with zero attached hydrogens (tertiary/aromatic N) is 1. The van der Waals surface area contributed by atoms with Gasteiger partial charge < -0.3 is 10.6 Å². The Morgan fingerprint density at radius 1 is 1.45 bits per heavy atom. The first-order chi connectivity index (χ1) is 5.31. The van der Waals surface area contributed by atoms with E-state index in [1.165, 1.54) is 25.8 Å². The third kappa shape index (κ3) is 1.42. The maximum atomic E-state index is 5.65. The van der Waals surface area contributed by atoms with E-state index >= 15 is 0 Å². The summed E-state index contributed by atoms with van der Waals surface area (Å²) in [5.41, 5.74) is 5.65. The van der Waals surface area contributed by atoms with Gasteiger partial charge in [-0.3, -0.25) is 0 Å². The first-order valence-corrected chi connectivity index (χ1v) is 4.71. The van der Waals surface area contributed by atoms with Gasteiger partial charge in [-0.1, -0.05) is 0 Å². The molecule has 1 saturated carbocycles. The van der Waals surface area contributed by atoms with Crippen molar-refractivity contribution in [1.82, 2.24) is 4.90 Å². The van der Waals surface area contributed by atoms with E-state index in [9.17, 15) is 0 Å². The Morgan fingerprint density at radius 3 is 2.64 bits per heavy atom. The Bertz CT molecular complexity index is 142. The normalized spacial score (nSPS) is 39.8. The second-order valence-electron chi connectivity index (χ2n) is 4.18. The Morgan fingerprint density at radius 2 is 2.18 bits per heavy atom. The van der Waals surface area contributed by atoms with E-state index in [0.717, 1.165) is 24.4 Å². The van der Waals surface area contributed by atoms with Crippen LogP contribution < -0.4 is 5.73 Å². The molecule has 1 saturated heterocycles. The molecule has 2 N–H and O–H groups in total. The van der Waals surface area contributed by atoms with Gasteiger partial charge in [0.2, 0.25) is 0 Å². The molecule has 2 atom stereocenters. The first kappa shape index (κ1) is 7.56. The zero-order valence-corrected chi connectivity index (χ0v) is 7.29. The van der Waals surface area contributed by atoms with Crippen LogP contribution in [0.5, 0.6) is 0 Å². The van der Waals surface area contributed by atoms with Gasteiger partial charge >= 0.3 is 0 Å². The van der Waals surface area contributed by atoms with Crippen molar-refractivity contribution in [1.29, 1.82) is 0 Å². The van der Waals surface area contributed by atoms with Gasteiger partial charge in [0.05, 0.1) is 0 Å². The summed E-state index contributed by atoms with van der Waals surface area (Å²) in [6.45, 7) is 2.12. The Hall–Kier alpha value is -0.0800. The minimum absolute atomic E-state index is 0.783. The molecule has 2 fully saturated rings. The lowest BCUT2D eigenvalue weighted by molar-refractivity contribution is 0.281. The molecule has 2 heteroatoms. The monoisotopic (exact) mass is 154 g/mol. The molecule has 0 aromatic carbocycles. The van der Waals surface area contributed by atoms with Gasteiger partial charge in [0.15, 0.2) is 0 Å². The summed E-state index contributed by atoms with van der Waals surface area (Å²) in [4.78, 5) is 2.51. The topological polar surface area (TPSA) is 29.3 Å². The highest BCUT2D eigenvalue weighted by atomic mass is 15.2. The zero-order chi connectivity index (χ0) is 7.84. The van der Waals surface area contributed by atoms with Crippen LogP contribution in [0.15, 0.2) is 0 Å². The summed E-state index contributed by atoms with van der Waals surface area (Å²) in [5, 5.41) is 0. The summed E-state index contributed by atoms with van der Waals surface area (Å²) in [7, 11) is 2.25. The van der Waals surface area contributed by atoms with Crippen LogP contribution in [-0.4, -0.2) is 31.1 Å². The number of nitrogens with two attached hydrogens (primary N) is 1. The van der Waals surface area contributed by atoms with Crippen LogP contribution >= 0.6 is 0 Å². The highest BCUT2D eigenvalue weighted by Gasteiger charge is 2.39. The molecule has 0 spiro atoms. The number of rotatable bonds is 2. The van der Waals surface area contributed by atoms with Crippen LogP contribution in [0.25, 0.3) is 0 Å². The smallest absolute Gasteiger partial charge is 0.0124 e. The van der Waals surface area contributed by atoms with Crippen molar-refractivity contribution < 1.29 is 0 Å². The van der Waals surface area contributed by atoms with Gasteiger partial charge in [0.25, 0.3) is 0 Å². The molecule has 2 nitrogen and oxygen atoms in total. The van der Waals surface area contributed by atoms with E-state index in [4.69, 9.17) is 5.73 Å². The number of likely N-dealkylation sites (tertiary alicyclic amines) is 1. The standard InChI is InChI=1S/C9H18N2/c1-11-6-7(5-10)4-9(11)8-2-3-8/h7-9H,2-6,10H2,1H3. The average Bonchev–Trinajstić information content (AvgIpc) is 2.76. The largest absolute Gasteiger partial charge is 0.330 e. The third-order valence-corrected chi connectivity index (χ3v) is 3.19. The molecule has 0 aromatic rings. The summed E-state index contributed by atoms with van der Waals surface area (Å²) in [6.07, 6.45) is 4.29. The van der Waals surface area contributed by atoms with Crippen LogP contribution in [-0.2, 0) is 0 Å². The van der Waals surface area contributed by atoms with E-state index in [0.29, 0.717) is 0 Å². The maximum Gasteiger partial charge on any atom is 0.0124 e. The lowest BCUT2D eigenvalue weighted by atomic mass is 10.0. The van der Waals surface area contributed by atoms with E-state index in [-0.39, 0.29) is 0 Å². The summed E-state index contributed by atoms with van der Waals surface area (Å²) < 4.78 is 0. The van der Waals surface area contributed by atoms with Gasteiger partial charge in [-0.2, -0.15) is 0 Å². The summed E-state index contributed by atoms with van der Waals surface area (Å²) >= 11 is 0. The summed E-state index contributed by atoms with van der Waals surface area (Å²) in [6, 6.07) is 0.878. The van der Waals surface area contributed by atoms with Crippen molar-refractivity contribution in [3.8, 4) is 0 Å². The van der Waals surface area contributed by atoms with Crippen LogP contribution in [0.1, 0.15) is 19.3 Å². The molecule has 1 aliphatic carbocycles. The van der Waals surface area contributed by atoms with E-state index < -0.39 is 0 Å². The van der Waals surface area contributed by atoms with Gasteiger partial charge in [-0.05, 0) is 44.7 Å². The van der Waals surface area contributed by atoms with Crippen molar-refractivity contribution in [2.75, 3.05) is 20.1 Å². The summed E-state index contributed by atoms with van der Waals surface area (Å²) in [5.74, 6) is 1.81. The molecule has 0 bridgehead atoms. The van der Waals surface area contributed by atoms with Crippen LogP contribution in [0.2, 0.25) is 0 Å². The highest BCUT2D eigenvalue weighted by Crippen LogP contribution is 2.40. The van der Waals surface area contributed by atoms with E-state index in [1.807, 2.05) is 0 Å². The molecule has 2 unspecified atom stereocenters. The van der Waals surface area contributed by atoms with Crippen molar-refractivity contribution >= 4 is 0 Å². The Kier molecular flexibility index (Phi) is 1.90. The van der Waals surface area contributed by atoms with Gasteiger partial charge in [-0.15, -0.1) is 0 Å². The van der Waals surface area contributed by atoms with Gasteiger partial charge in [-0.25, -0.2) is 0 Å². The SMILES string of the molecule is CN1CC(CN)CC1C1CC1. The van der Waals surface area contributed by atoms with Crippen molar-refractivity contribution in [3.63, 3.8) is 0 Å². The third-order valence-electron chi connectivity index (χ3n) is 3.19. The van der Waals surface area contributed by atoms with E-state index in [1.54, 1.807) is 0 Å². The fraction of sp³-hybridized carbons (Fsp3) is 1.00. The second-order valence-corrected chi connectivity index (χ2v) is 4.18. The quantitative estimate of drug-likeness (QED) is 0.633. The average molecular weight is 154 g/mol. The predicted molar refractivity (Wildman–Crippen MR) is 46.3 cm³/mol. The van der Waals surface area contributed by atoms with Crippen molar-refractivity contribution in [2.45, 2.75) is 25.3 Å². The molecule has 11 heavy (non-hydrogen) atoms. The maximum absolute atomic E-state index is 5.65. The molecule has 2 aliphatic rings. The van der Waals surface area contributed by atoms with Crippen LogP contribution in [0.3, 0.4) is 0 Å². The molecule has 0 aromatic heterocycles. The Balaban J connectivity index is 1.90. The molecular weight excluding hydrogens is 136 g/mol. The molecule has 1 aliphatic heterocycles. The molecule has 2 rings (SSSR count). The molecule has 64 valence electrons. The van der Waals surface area contributed by atoms with Crippen molar-refractivity contribution in [2.24, 2.45) is 17.6 Å². The van der Waals surface area contributed by atoms with Crippen LogP contribution in [0, 0.1) is 11.8 Å². The van der Waals surface area contributed by atoms with Crippen LogP contribution in [0.4, 0.5) is 0 Å². The number of hydrogen-bond acceptors (Lipinski definition) is 2. The predicted octanol–water partition coefficient (Wildman–Crippen LogP) is 0.675. The number of hydrogen-bond donors (Lipinski definition) is 1. The minimum atomic E-state index is 0.783. The highest BCUT2D eigenvalue weighted by molar-refractivity contribution is 4.93. The zero-order valence-electron chi connectivity index (χ0n) is 7.29. The molecular formula is C9H18N2. The minimum Gasteiger partial charge on any atom is -0.330 e. The molecule has 1 heterocycles. The van der Waals surface area contributed by atoms with Gasteiger partial charge in [0, 0.05) is 12.6 Å². The lowest BCUT2D eigenvalue weighted by Crippen LogP contribution is -2.26. The fourth-order valence-electron chi connectivity index (χ4n) is 2.34. The molecule has 0 amide bonds. The first-order valence-electron chi connectivity index (χ1n) is 4.71. The second kappa shape index (κ2) is 2.76. The lowest BCUT2D eigenvalue weighted by Gasteiger charge is -2.17. The van der Waals surface area contributed by atoms with Crippen molar-refractivity contribution in [3.05, 3.63) is 0 Å². The molecule has 0 radical (unpaired) electrons. The van der Waals surface area contributed by atoms with Gasteiger partial charge in [0.1, 0.15) is 0 Å². The van der Waals surface area contributed by atoms with E-state index in [2.05, 4.69) is 11.9 Å². The Labute approximate surface area is 68.7 Å².